The van der Waals surface area contributed by atoms with Gasteiger partial charge in [0.25, 0.3) is 0 Å². The number of fused-ring (bicyclic) bond motifs is 1. The second-order valence-electron chi connectivity index (χ2n) is 9.87. The summed E-state index contributed by atoms with van der Waals surface area (Å²) in [6.07, 6.45) is 26.0. The van der Waals surface area contributed by atoms with Gasteiger partial charge in [0.2, 0.25) is 0 Å². The fourth-order valence-electron chi connectivity index (χ4n) is 5.39. The van der Waals surface area contributed by atoms with Gasteiger partial charge in [0, 0.05) is 10.9 Å². The fraction of sp³-hybridized carbons (Fsp3) is 0.361. The standard InChI is InChI=1S/C21H32.C15H13NS/c1-5-9-14-18(7-3)21(13-6-2)17-19(8-4)20-15-11-10-12-16-20;1-2-11-12-7-3-4-9-14(12)17-15(11)13-8-5-6-10-16-13/h5,7,9,11,14-16,19,21H,1,6,8,10,12-13,17H2,2-4H3;3-10H,2H2,1H3/b14-9-,18-7+;. The third-order valence-electron chi connectivity index (χ3n) is 7.37. The van der Waals surface area contributed by atoms with Gasteiger partial charge in [-0.3, -0.25) is 4.98 Å². The molecule has 2 aromatic heterocycles. The molecule has 4 rings (SSSR count). The van der Waals surface area contributed by atoms with E-state index in [2.05, 4.69) is 106 Å². The summed E-state index contributed by atoms with van der Waals surface area (Å²) in [7, 11) is 0. The van der Waals surface area contributed by atoms with Crippen LogP contribution in [0.4, 0.5) is 0 Å². The molecule has 1 aliphatic rings. The molecule has 3 aromatic rings. The van der Waals surface area contributed by atoms with Crippen LogP contribution < -0.4 is 0 Å². The highest BCUT2D eigenvalue weighted by molar-refractivity contribution is 7.22. The summed E-state index contributed by atoms with van der Waals surface area (Å²) in [6.45, 7) is 12.8. The minimum atomic E-state index is 0.664. The SMILES string of the molecule is C=C/C=C\C(=C/C)C(CCC)CC(CC)C1=CCCC=C1.CCc1c(-c2ccccn2)sc2ccccc12. The van der Waals surface area contributed by atoms with Crippen LogP contribution in [0.2, 0.25) is 0 Å². The lowest BCUT2D eigenvalue weighted by atomic mass is 9.80. The lowest BCUT2D eigenvalue weighted by molar-refractivity contribution is 0.423. The molecular formula is C36H45NS. The summed E-state index contributed by atoms with van der Waals surface area (Å²) < 4.78 is 1.35. The Hall–Kier alpha value is -2.97. The van der Waals surface area contributed by atoms with E-state index in [0.717, 1.165) is 12.1 Å². The van der Waals surface area contributed by atoms with Crippen molar-refractivity contribution in [3.63, 3.8) is 0 Å². The number of pyridine rings is 1. The van der Waals surface area contributed by atoms with Crippen molar-refractivity contribution >= 4 is 21.4 Å². The van der Waals surface area contributed by atoms with Crippen molar-refractivity contribution in [3.8, 4) is 10.6 Å². The number of thiophene rings is 1. The molecule has 2 heterocycles. The van der Waals surface area contributed by atoms with Crippen molar-refractivity contribution in [2.45, 2.75) is 72.6 Å². The average Bonchev–Trinajstić information content (AvgIpc) is 3.36. The van der Waals surface area contributed by atoms with Gasteiger partial charge in [-0.1, -0.05) is 101 Å². The van der Waals surface area contributed by atoms with Gasteiger partial charge in [-0.05, 0) is 97.6 Å². The third kappa shape index (κ3) is 8.01. The first kappa shape index (κ1) is 29.6. The maximum Gasteiger partial charge on any atom is 0.0804 e. The molecule has 0 radical (unpaired) electrons. The summed E-state index contributed by atoms with van der Waals surface area (Å²) in [6, 6.07) is 14.7. The van der Waals surface area contributed by atoms with E-state index >= 15 is 0 Å². The van der Waals surface area contributed by atoms with Gasteiger partial charge in [0.15, 0.2) is 0 Å². The fourth-order valence-corrected chi connectivity index (χ4v) is 6.66. The molecule has 0 aliphatic heterocycles. The van der Waals surface area contributed by atoms with Gasteiger partial charge < -0.3 is 0 Å². The molecule has 0 saturated carbocycles. The topological polar surface area (TPSA) is 12.9 Å². The smallest absolute Gasteiger partial charge is 0.0804 e. The molecule has 0 bridgehead atoms. The Kier molecular flexibility index (Phi) is 12.5. The second-order valence-corrected chi connectivity index (χ2v) is 10.9. The van der Waals surface area contributed by atoms with Crippen LogP contribution in [0.1, 0.15) is 71.8 Å². The third-order valence-corrected chi connectivity index (χ3v) is 8.61. The number of aryl methyl sites for hydroxylation is 1. The van der Waals surface area contributed by atoms with Gasteiger partial charge in [0.1, 0.15) is 0 Å². The van der Waals surface area contributed by atoms with Crippen molar-refractivity contribution in [1.29, 1.82) is 0 Å². The van der Waals surface area contributed by atoms with Crippen LogP contribution in [0, 0.1) is 11.8 Å². The highest BCUT2D eigenvalue weighted by Gasteiger charge is 2.19. The summed E-state index contributed by atoms with van der Waals surface area (Å²) in [5, 5.41) is 1.38. The summed E-state index contributed by atoms with van der Waals surface area (Å²) >= 11 is 1.84. The first-order valence-electron chi connectivity index (χ1n) is 14.4. The number of hydrogen-bond acceptors (Lipinski definition) is 2. The molecule has 0 fully saturated rings. The number of allylic oxidation sites excluding steroid dienone is 9. The molecule has 38 heavy (non-hydrogen) atoms. The molecule has 0 spiro atoms. The van der Waals surface area contributed by atoms with E-state index in [0.29, 0.717) is 11.8 Å². The number of nitrogens with zero attached hydrogens (tertiary/aromatic N) is 1. The maximum absolute atomic E-state index is 4.46. The molecule has 1 aliphatic carbocycles. The first-order valence-corrected chi connectivity index (χ1v) is 15.2. The number of hydrogen-bond donors (Lipinski definition) is 0. The van der Waals surface area contributed by atoms with Crippen LogP contribution in [0.15, 0.2) is 109 Å². The van der Waals surface area contributed by atoms with Crippen LogP contribution >= 0.6 is 11.3 Å². The van der Waals surface area contributed by atoms with E-state index in [1.807, 2.05) is 35.7 Å². The Labute approximate surface area is 235 Å². The Balaban J connectivity index is 0.000000214. The molecule has 2 heteroatoms. The van der Waals surface area contributed by atoms with Crippen molar-refractivity contribution in [2.24, 2.45) is 11.8 Å². The zero-order chi connectivity index (χ0) is 27.2. The van der Waals surface area contributed by atoms with Crippen LogP contribution in [-0.4, -0.2) is 4.98 Å². The van der Waals surface area contributed by atoms with E-state index in [4.69, 9.17) is 0 Å². The normalized spacial score (nSPS) is 15.2. The molecule has 2 unspecified atom stereocenters. The van der Waals surface area contributed by atoms with Crippen LogP contribution in [-0.2, 0) is 6.42 Å². The molecule has 200 valence electrons. The Bertz CT molecular complexity index is 1250. The molecule has 2 atom stereocenters. The zero-order valence-corrected chi connectivity index (χ0v) is 24.6. The number of rotatable bonds is 11. The minimum absolute atomic E-state index is 0.664. The quantitative estimate of drug-likeness (QED) is 0.228. The predicted octanol–water partition coefficient (Wildman–Crippen LogP) is 11.3. The zero-order valence-electron chi connectivity index (χ0n) is 23.8. The largest absolute Gasteiger partial charge is 0.255 e. The monoisotopic (exact) mass is 523 g/mol. The summed E-state index contributed by atoms with van der Waals surface area (Å²) in [4.78, 5) is 5.78. The lowest BCUT2D eigenvalue weighted by Gasteiger charge is -2.25. The maximum atomic E-state index is 4.46. The van der Waals surface area contributed by atoms with Crippen LogP contribution in [0.5, 0.6) is 0 Å². The van der Waals surface area contributed by atoms with E-state index in [9.17, 15) is 0 Å². The van der Waals surface area contributed by atoms with E-state index in [-0.39, 0.29) is 0 Å². The van der Waals surface area contributed by atoms with E-state index in [1.54, 1.807) is 5.57 Å². The second kappa shape index (κ2) is 16.1. The van der Waals surface area contributed by atoms with Crippen LogP contribution in [0.3, 0.4) is 0 Å². The lowest BCUT2D eigenvalue weighted by Crippen LogP contribution is -2.12. The molecule has 1 nitrogen and oxygen atoms in total. The molecule has 1 aromatic carbocycles. The van der Waals surface area contributed by atoms with Gasteiger partial charge in [-0.15, -0.1) is 11.3 Å². The van der Waals surface area contributed by atoms with Crippen LogP contribution in [0.25, 0.3) is 20.7 Å². The number of benzene rings is 1. The Morgan fingerprint density at radius 3 is 2.53 bits per heavy atom. The summed E-state index contributed by atoms with van der Waals surface area (Å²) in [5.41, 5.74) is 5.54. The highest BCUT2D eigenvalue weighted by atomic mass is 32.1. The molecule has 0 saturated heterocycles. The molecule has 0 N–H and O–H groups in total. The van der Waals surface area contributed by atoms with Crippen molar-refractivity contribution < 1.29 is 0 Å². The van der Waals surface area contributed by atoms with Crippen molar-refractivity contribution in [1.82, 2.24) is 4.98 Å². The Morgan fingerprint density at radius 2 is 1.89 bits per heavy atom. The minimum Gasteiger partial charge on any atom is -0.255 e. The number of aromatic nitrogens is 1. The van der Waals surface area contributed by atoms with E-state index in [1.165, 1.54) is 64.6 Å². The van der Waals surface area contributed by atoms with Crippen molar-refractivity contribution in [2.75, 3.05) is 0 Å². The first-order chi connectivity index (χ1) is 18.7. The van der Waals surface area contributed by atoms with Gasteiger partial charge in [-0.25, -0.2) is 0 Å². The van der Waals surface area contributed by atoms with Gasteiger partial charge in [-0.2, -0.15) is 0 Å². The molecular weight excluding hydrogens is 478 g/mol. The summed E-state index contributed by atoms with van der Waals surface area (Å²) in [5.74, 6) is 1.36. The van der Waals surface area contributed by atoms with Gasteiger partial charge >= 0.3 is 0 Å². The average molecular weight is 524 g/mol. The van der Waals surface area contributed by atoms with Gasteiger partial charge in [0.05, 0.1) is 10.6 Å². The Morgan fingerprint density at radius 1 is 1.08 bits per heavy atom. The molecule has 0 amide bonds. The van der Waals surface area contributed by atoms with E-state index < -0.39 is 0 Å². The van der Waals surface area contributed by atoms with Crippen molar-refractivity contribution in [3.05, 3.63) is 114 Å². The highest BCUT2D eigenvalue weighted by Crippen LogP contribution is 2.38. The predicted molar refractivity (Wildman–Crippen MR) is 171 cm³/mol.